The van der Waals surface area contributed by atoms with E-state index in [1.54, 1.807) is 0 Å². The highest BCUT2D eigenvalue weighted by molar-refractivity contribution is 6.29. The number of rotatable bonds is 1. The Kier molecular flexibility index (Phi) is 1.81. The molecule has 0 bridgehead atoms. The Morgan fingerprint density at radius 3 is 3.00 bits per heavy atom. The number of aromatic nitrogens is 3. The topological polar surface area (TPSA) is 73.3 Å². The minimum Gasteiger partial charge on any atom is -0.258 e. The highest BCUT2D eigenvalue weighted by Crippen LogP contribution is 2.20. The molecule has 6 nitrogen and oxygen atoms in total. The SMILES string of the molecule is O=[N+]([O-])c1cnn2cc(F)c(Cl)nc12. The molecule has 0 atom stereocenters. The largest absolute Gasteiger partial charge is 0.333 e. The second-order valence-corrected chi connectivity index (χ2v) is 2.79. The van der Waals surface area contributed by atoms with Crippen LogP contribution in [-0.4, -0.2) is 19.5 Å². The lowest BCUT2D eigenvalue weighted by atomic mass is 10.5. The Balaban J connectivity index is 2.80. The van der Waals surface area contributed by atoms with Gasteiger partial charge >= 0.3 is 5.69 Å². The Morgan fingerprint density at radius 2 is 2.36 bits per heavy atom. The van der Waals surface area contributed by atoms with E-state index in [0.717, 1.165) is 16.9 Å². The molecule has 0 N–H and O–H groups in total. The maximum Gasteiger partial charge on any atom is 0.333 e. The van der Waals surface area contributed by atoms with Crippen molar-refractivity contribution in [3.05, 3.63) is 33.5 Å². The van der Waals surface area contributed by atoms with Gasteiger partial charge in [0, 0.05) is 0 Å². The van der Waals surface area contributed by atoms with Gasteiger partial charge in [0.1, 0.15) is 6.20 Å². The number of nitrogens with zero attached hydrogens (tertiary/aromatic N) is 4. The van der Waals surface area contributed by atoms with Crippen molar-refractivity contribution in [1.29, 1.82) is 0 Å². The molecule has 72 valence electrons. The van der Waals surface area contributed by atoms with Crippen molar-refractivity contribution in [2.45, 2.75) is 0 Å². The van der Waals surface area contributed by atoms with E-state index in [0.29, 0.717) is 0 Å². The van der Waals surface area contributed by atoms with E-state index in [4.69, 9.17) is 11.6 Å². The van der Waals surface area contributed by atoms with Gasteiger partial charge in [0.15, 0.2) is 11.0 Å². The molecule has 0 amide bonds. The third-order valence-corrected chi connectivity index (χ3v) is 1.85. The summed E-state index contributed by atoms with van der Waals surface area (Å²) in [6, 6.07) is 0. The fraction of sp³-hybridized carbons (Fsp3) is 0. The van der Waals surface area contributed by atoms with Crippen molar-refractivity contribution in [1.82, 2.24) is 14.6 Å². The van der Waals surface area contributed by atoms with E-state index in [1.165, 1.54) is 0 Å². The molecule has 2 heterocycles. The van der Waals surface area contributed by atoms with Crippen molar-refractivity contribution in [2.24, 2.45) is 0 Å². The van der Waals surface area contributed by atoms with E-state index in [2.05, 4.69) is 10.1 Å². The van der Waals surface area contributed by atoms with Crippen LogP contribution in [-0.2, 0) is 0 Å². The molecule has 0 aliphatic rings. The van der Waals surface area contributed by atoms with E-state index < -0.39 is 15.9 Å². The molecule has 0 spiro atoms. The van der Waals surface area contributed by atoms with Crippen molar-refractivity contribution in [3.8, 4) is 0 Å². The van der Waals surface area contributed by atoms with E-state index >= 15 is 0 Å². The summed E-state index contributed by atoms with van der Waals surface area (Å²) in [6.07, 6.45) is 1.91. The predicted molar refractivity (Wildman–Crippen MR) is 44.6 cm³/mol. The van der Waals surface area contributed by atoms with Crippen LogP contribution in [0.25, 0.3) is 5.65 Å². The summed E-state index contributed by atoms with van der Waals surface area (Å²) in [5, 5.41) is 13.6. The van der Waals surface area contributed by atoms with Crippen molar-refractivity contribution < 1.29 is 9.31 Å². The molecule has 14 heavy (non-hydrogen) atoms. The molecule has 0 fully saturated rings. The zero-order valence-electron chi connectivity index (χ0n) is 6.52. The summed E-state index contributed by atoms with van der Waals surface area (Å²) in [4.78, 5) is 13.3. The smallest absolute Gasteiger partial charge is 0.258 e. The van der Waals surface area contributed by atoms with E-state index in [-0.39, 0.29) is 11.3 Å². The van der Waals surface area contributed by atoms with Crippen molar-refractivity contribution >= 4 is 22.9 Å². The Hall–Kier alpha value is -1.76. The molecule has 0 unspecified atom stereocenters. The third-order valence-electron chi connectivity index (χ3n) is 1.58. The standard InChI is InChI=1S/C6H2ClFN4O2/c7-5-3(8)2-11-6(10-5)4(1-9-11)12(13)14/h1-2H. The van der Waals surface area contributed by atoms with Gasteiger partial charge in [-0.3, -0.25) is 10.1 Å². The molecule has 0 aliphatic heterocycles. The van der Waals surface area contributed by atoms with Gasteiger partial charge in [-0.25, -0.2) is 13.9 Å². The van der Waals surface area contributed by atoms with Gasteiger partial charge < -0.3 is 0 Å². The first-order valence-electron chi connectivity index (χ1n) is 3.43. The number of hydrogen-bond acceptors (Lipinski definition) is 4. The van der Waals surface area contributed by atoms with Gasteiger partial charge in [-0.05, 0) is 0 Å². The van der Waals surface area contributed by atoms with Crippen LogP contribution in [0, 0.1) is 15.9 Å². The average Bonchev–Trinajstić information content (AvgIpc) is 2.48. The van der Waals surface area contributed by atoms with Gasteiger partial charge in [0.2, 0.25) is 5.65 Å². The zero-order chi connectivity index (χ0) is 10.3. The van der Waals surface area contributed by atoms with Gasteiger partial charge in [-0.1, -0.05) is 11.6 Å². The molecule has 0 aliphatic carbocycles. The molecule has 0 radical (unpaired) electrons. The first-order chi connectivity index (χ1) is 6.59. The molecule has 2 aromatic rings. The molecule has 0 aromatic carbocycles. The molecule has 2 rings (SSSR count). The molecule has 2 aromatic heterocycles. The maximum absolute atomic E-state index is 12.8. The Bertz CT molecular complexity index is 526. The van der Waals surface area contributed by atoms with Crippen LogP contribution in [0.1, 0.15) is 0 Å². The summed E-state index contributed by atoms with van der Waals surface area (Å²) in [5.74, 6) is -0.780. The quantitative estimate of drug-likeness (QED) is 0.411. The molecule has 8 heteroatoms. The lowest BCUT2D eigenvalue weighted by Gasteiger charge is -1.94. The van der Waals surface area contributed by atoms with Crippen LogP contribution in [0.3, 0.4) is 0 Å². The zero-order valence-corrected chi connectivity index (χ0v) is 7.27. The predicted octanol–water partition coefficient (Wildman–Crippen LogP) is 1.43. The second-order valence-electron chi connectivity index (χ2n) is 2.43. The lowest BCUT2D eigenvalue weighted by Crippen LogP contribution is -1.95. The Morgan fingerprint density at radius 1 is 1.64 bits per heavy atom. The third kappa shape index (κ3) is 1.18. The lowest BCUT2D eigenvalue weighted by molar-refractivity contribution is -0.383. The summed E-state index contributed by atoms with van der Waals surface area (Å²) in [6.45, 7) is 0. The fourth-order valence-electron chi connectivity index (χ4n) is 0.985. The van der Waals surface area contributed by atoms with Gasteiger partial charge in [-0.2, -0.15) is 5.10 Å². The van der Waals surface area contributed by atoms with Gasteiger partial charge in [-0.15, -0.1) is 0 Å². The highest BCUT2D eigenvalue weighted by Gasteiger charge is 2.17. The first-order valence-corrected chi connectivity index (χ1v) is 3.81. The Labute approximate surface area is 81.1 Å². The van der Waals surface area contributed by atoms with Crippen molar-refractivity contribution in [2.75, 3.05) is 0 Å². The molecule has 0 saturated carbocycles. The summed E-state index contributed by atoms with van der Waals surface area (Å²) in [7, 11) is 0. The maximum atomic E-state index is 12.8. The van der Waals surface area contributed by atoms with Crippen LogP contribution in [0.15, 0.2) is 12.4 Å². The van der Waals surface area contributed by atoms with E-state index in [1.807, 2.05) is 0 Å². The monoisotopic (exact) mass is 216 g/mol. The molecular formula is C6H2ClFN4O2. The molecule has 0 saturated heterocycles. The van der Waals surface area contributed by atoms with Gasteiger partial charge in [0.05, 0.1) is 11.1 Å². The van der Waals surface area contributed by atoms with Gasteiger partial charge in [0.25, 0.3) is 0 Å². The van der Waals surface area contributed by atoms with Crippen LogP contribution in [0.2, 0.25) is 5.15 Å². The normalized spacial score (nSPS) is 10.7. The van der Waals surface area contributed by atoms with Crippen LogP contribution < -0.4 is 0 Å². The second kappa shape index (κ2) is 2.88. The average molecular weight is 217 g/mol. The number of hydrogen-bond donors (Lipinski definition) is 0. The fourth-order valence-corrected chi connectivity index (χ4v) is 1.11. The number of nitro groups is 1. The van der Waals surface area contributed by atoms with Crippen molar-refractivity contribution in [3.63, 3.8) is 0 Å². The van der Waals surface area contributed by atoms with Crippen LogP contribution in [0.4, 0.5) is 10.1 Å². The summed E-state index contributed by atoms with van der Waals surface area (Å²) < 4.78 is 13.8. The highest BCUT2D eigenvalue weighted by atomic mass is 35.5. The first kappa shape index (κ1) is 8.82. The van der Waals surface area contributed by atoms with Crippen LogP contribution in [0.5, 0.6) is 0 Å². The summed E-state index contributed by atoms with van der Waals surface area (Å²) in [5.41, 5.74) is -0.395. The molecular weight excluding hydrogens is 215 g/mol. The minimum absolute atomic E-state index is 0.0820. The van der Waals surface area contributed by atoms with Crippen LogP contribution >= 0.6 is 11.6 Å². The number of halogens is 2. The van der Waals surface area contributed by atoms with E-state index in [9.17, 15) is 14.5 Å². The number of fused-ring (bicyclic) bond motifs is 1. The minimum atomic E-state index is -0.780. The summed E-state index contributed by atoms with van der Waals surface area (Å²) >= 11 is 5.37.